The fraction of sp³-hybridized carbons (Fsp3) is 0.100. The van der Waals surface area contributed by atoms with E-state index in [0.29, 0.717) is 10.6 Å². The molecular weight excluding hydrogens is 353 g/mol. The topological polar surface area (TPSA) is 54.0 Å². The van der Waals surface area contributed by atoms with Gasteiger partial charge in [0.1, 0.15) is 11.5 Å². The largest absolute Gasteiger partial charge is 0.354 e. The van der Waals surface area contributed by atoms with Crippen molar-refractivity contribution in [1.29, 1.82) is 0 Å². The van der Waals surface area contributed by atoms with Gasteiger partial charge in [-0.15, -0.1) is 0 Å². The molecule has 132 valence electrons. The van der Waals surface area contributed by atoms with Gasteiger partial charge in [-0.3, -0.25) is 4.79 Å². The molecule has 0 unspecified atom stereocenters. The van der Waals surface area contributed by atoms with Crippen LogP contribution in [-0.2, 0) is 6.54 Å². The average molecular weight is 370 g/mol. The minimum Gasteiger partial charge on any atom is -0.354 e. The molecule has 2 N–H and O–H groups in total. The van der Waals surface area contributed by atoms with Crippen molar-refractivity contribution in [1.82, 2.24) is 10.3 Å². The maximum atomic E-state index is 13.6. The summed E-state index contributed by atoms with van der Waals surface area (Å²) in [4.78, 5) is 16.3. The molecular formula is C20H17ClFN3O. The summed E-state index contributed by atoms with van der Waals surface area (Å²) in [5, 5.41) is 6.51. The van der Waals surface area contributed by atoms with Crippen molar-refractivity contribution < 1.29 is 9.18 Å². The van der Waals surface area contributed by atoms with Gasteiger partial charge < -0.3 is 10.6 Å². The van der Waals surface area contributed by atoms with E-state index in [4.69, 9.17) is 11.6 Å². The van der Waals surface area contributed by atoms with E-state index in [1.54, 1.807) is 36.5 Å². The van der Waals surface area contributed by atoms with E-state index < -0.39 is 0 Å². The quantitative estimate of drug-likeness (QED) is 0.675. The number of halogens is 2. The molecule has 0 aliphatic rings. The second-order valence-electron chi connectivity index (χ2n) is 5.80. The molecule has 0 aliphatic heterocycles. The monoisotopic (exact) mass is 369 g/mol. The molecule has 0 bridgehead atoms. The van der Waals surface area contributed by atoms with Crippen LogP contribution in [0.5, 0.6) is 0 Å². The standard InChI is InChI=1S/C20H17ClFN3O/c1-13-6-7-15(10-17(13)21)25-16-8-9-19(23-12-16)20(26)24-11-14-4-2-3-5-18(14)22/h2-10,12,25H,11H2,1H3,(H,24,26). The number of benzene rings is 2. The van der Waals surface area contributed by atoms with Gasteiger partial charge >= 0.3 is 0 Å². The number of rotatable bonds is 5. The smallest absolute Gasteiger partial charge is 0.270 e. The van der Waals surface area contributed by atoms with E-state index in [-0.39, 0.29) is 24.0 Å². The number of anilines is 2. The van der Waals surface area contributed by atoms with Crippen molar-refractivity contribution in [2.24, 2.45) is 0 Å². The van der Waals surface area contributed by atoms with E-state index in [1.165, 1.54) is 6.07 Å². The molecule has 0 spiro atoms. The molecule has 0 fully saturated rings. The van der Waals surface area contributed by atoms with Gasteiger partial charge in [0, 0.05) is 22.8 Å². The summed E-state index contributed by atoms with van der Waals surface area (Å²) < 4.78 is 13.6. The van der Waals surface area contributed by atoms with Gasteiger partial charge in [0.25, 0.3) is 5.91 Å². The van der Waals surface area contributed by atoms with Crippen LogP contribution in [0.25, 0.3) is 0 Å². The zero-order chi connectivity index (χ0) is 18.5. The summed E-state index contributed by atoms with van der Waals surface area (Å²) in [5.74, 6) is -0.713. The molecule has 0 radical (unpaired) electrons. The van der Waals surface area contributed by atoms with Crippen molar-refractivity contribution in [2.75, 3.05) is 5.32 Å². The molecule has 0 atom stereocenters. The van der Waals surface area contributed by atoms with Gasteiger partial charge in [-0.25, -0.2) is 9.37 Å². The van der Waals surface area contributed by atoms with Crippen molar-refractivity contribution in [3.05, 3.63) is 88.5 Å². The molecule has 1 heterocycles. The third kappa shape index (κ3) is 4.37. The minimum atomic E-state index is -0.363. The lowest BCUT2D eigenvalue weighted by molar-refractivity contribution is 0.0945. The highest BCUT2D eigenvalue weighted by atomic mass is 35.5. The number of pyridine rings is 1. The predicted molar refractivity (Wildman–Crippen MR) is 101 cm³/mol. The molecule has 1 amide bonds. The summed E-state index contributed by atoms with van der Waals surface area (Å²) >= 11 is 6.11. The Hall–Kier alpha value is -2.92. The van der Waals surface area contributed by atoms with Gasteiger partial charge in [0.2, 0.25) is 0 Å². The first-order chi connectivity index (χ1) is 12.5. The Labute approximate surface area is 156 Å². The van der Waals surface area contributed by atoms with Crippen molar-refractivity contribution in [3.8, 4) is 0 Å². The Morgan fingerprint density at radius 1 is 1.12 bits per heavy atom. The number of carbonyl (C=O) groups is 1. The van der Waals surface area contributed by atoms with Crippen LogP contribution in [0.1, 0.15) is 21.6 Å². The fourth-order valence-electron chi connectivity index (χ4n) is 2.35. The van der Waals surface area contributed by atoms with Crippen molar-refractivity contribution in [3.63, 3.8) is 0 Å². The van der Waals surface area contributed by atoms with Crippen LogP contribution in [-0.4, -0.2) is 10.9 Å². The number of hydrogen-bond donors (Lipinski definition) is 2. The Morgan fingerprint density at radius 3 is 2.58 bits per heavy atom. The third-order valence-corrected chi connectivity index (χ3v) is 4.26. The zero-order valence-corrected chi connectivity index (χ0v) is 14.8. The first kappa shape index (κ1) is 17.9. The number of hydrogen-bond acceptors (Lipinski definition) is 3. The van der Waals surface area contributed by atoms with Gasteiger partial charge in [-0.1, -0.05) is 35.9 Å². The second kappa shape index (κ2) is 7.97. The number of nitrogens with zero attached hydrogens (tertiary/aromatic N) is 1. The van der Waals surface area contributed by atoms with Crippen molar-refractivity contribution >= 4 is 28.9 Å². The SMILES string of the molecule is Cc1ccc(Nc2ccc(C(=O)NCc3ccccc3F)nc2)cc1Cl. The molecule has 26 heavy (non-hydrogen) atoms. The lowest BCUT2D eigenvalue weighted by atomic mass is 10.2. The van der Waals surface area contributed by atoms with Crippen LogP contribution in [0.3, 0.4) is 0 Å². The zero-order valence-electron chi connectivity index (χ0n) is 14.1. The molecule has 3 rings (SSSR count). The highest BCUT2D eigenvalue weighted by molar-refractivity contribution is 6.31. The Morgan fingerprint density at radius 2 is 1.88 bits per heavy atom. The third-order valence-electron chi connectivity index (χ3n) is 3.85. The number of nitrogens with one attached hydrogen (secondary N) is 2. The van der Waals surface area contributed by atoms with Gasteiger partial charge in [-0.2, -0.15) is 0 Å². The number of aryl methyl sites for hydroxylation is 1. The lowest BCUT2D eigenvalue weighted by Gasteiger charge is -2.09. The minimum absolute atomic E-state index is 0.106. The summed E-state index contributed by atoms with van der Waals surface area (Å²) in [6.45, 7) is 2.04. The van der Waals surface area contributed by atoms with Crippen LogP contribution in [0.15, 0.2) is 60.8 Å². The van der Waals surface area contributed by atoms with Crippen molar-refractivity contribution in [2.45, 2.75) is 13.5 Å². The fourth-order valence-corrected chi connectivity index (χ4v) is 2.53. The van der Waals surface area contributed by atoms with Crippen LogP contribution in [0.2, 0.25) is 5.02 Å². The Balaban J connectivity index is 1.62. The van der Waals surface area contributed by atoms with E-state index in [9.17, 15) is 9.18 Å². The highest BCUT2D eigenvalue weighted by Gasteiger charge is 2.09. The summed E-state index contributed by atoms with van der Waals surface area (Å²) in [6.07, 6.45) is 1.56. The maximum Gasteiger partial charge on any atom is 0.270 e. The Kier molecular flexibility index (Phi) is 5.49. The lowest BCUT2D eigenvalue weighted by Crippen LogP contribution is -2.24. The van der Waals surface area contributed by atoms with E-state index >= 15 is 0 Å². The van der Waals surface area contributed by atoms with E-state index in [2.05, 4.69) is 15.6 Å². The molecule has 4 nitrogen and oxygen atoms in total. The second-order valence-corrected chi connectivity index (χ2v) is 6.20. The molecule has 0 saturated carbocycles. The van der Waals surface area contributed by atoms with Crippen LogP contribution in [0.4, 0.5) is 15.8 Å². The van der Waals surface area contributed by atoms with Crippen LogP contribution >= 0.6 is 11.6 Å². The molecule has 0 aliphatic carbocycles. The number of aromatic nitrogens is 1. The first-order valence-electron chi connectivity index (χ1n) is 8.04. The van der Waals surface area contributed by atoms with Crippen LogP contribution in [0, 0.1) is 12.7 Å². The highest BCUT2D eigenvalue weighted by Crippen LogP contribution is 2.22. The first-order valence-corrected chi connectivity index (χ1v) is 8.41. The van der Waals surface area contributed by atoms with E-state index in [1.807, 2.05) is 25.1 Å². The maximum absolute atomic E-state index is 13.6. The predicted octanol–water partition coefficient (Wildman–Crippen LogP) is 4.86. The molecule has 2 aromatic carbocycles. The summed E-state index contributed by atoms with van der Waals surface area (Å²) in [6, 6.07) is 15.3. The normalized spacial score (nSPS) is 10.4. The molecule has 3 aromatic rings. The molecule has 0 saturated heterocycles. The Bertz CT molecular complexity index is 929. The van der Waals surface area contributed by atoms with Gasteiger partial charge in [-0.05, 0) is 42.8 Å². The number of carbonyl (C=O) groups excluding carboxylic acids is 1. The van der Waals surface area contributed by atoms with Gasteiger partial charge in [0.05, 0.1) is 11.9 Å². The molecule has 6 heteroatoms. The molecule has 1 aromatic heterocycles. The van der Waals surface area contributed by atoms with Crippen LogP contribution < -0.4 is 10.6 Å². The summed E-state index contributed by atoms with van der Waals surface area (Å²) in [5.41, 5.74) is 3.25. The van der Waals surface area contributed by atoms with E-state index in [0.717, 1.165) is 16.9 Å². The average Bonchev–Trinajstić information content (AvgIpc) is 2.64. The van der Waals surface area contributed by atoms with Gasteiger partial charge in [0.15, 0.2) is 0 Å². The number of amides is 1. The summed E-state index contributed by atoms with van der Waals surface area (Å²) in [7, 11) is 0.